The van der Waals surface area contributed by atoms with Crippen LogP contribution in [-0.4, -0.2) is 48.8 Å². The summed E-state index contributed by atoms with van der Waals surface area (Å²) >= 11 is 0. The summed E-state index contributed by atoms with van der Waals surface area (Å²) in [5.74, 6) is 0.317. The summed E-state index contributed by atoms with van der Waals surface area (Å²) in [6, 6.07) is 0. The van der Waals surface area contributed by atoms with Crippen LogP contribution in [0.5, 0.6) is 0 Å². The van der Waals surface area contributed by atoms with Crippen LogP contribution in [0.2, 0.25) is 0 Å². The lowest BCUT2D eigenvalue weighted by Crippen LogP contribution is -2.28. The van der Waals surface area contributed by atoms with Gasteiger partial charge < -0.3 is 20.6 Å². The van der Waals surface area contributed by atoms with Crippen molar-refractivity contribution >= 4 is 5.84 Å². The Hall–Kier alpha value is -0.810. The first-order valence-electron chi connectivity index (χ1n) is 6.01. The molecule has 0 unspecified atom stereocenters. The molecular formula is C11H25N3O2. The second-order valence-electron chi connectivity index (χ2n) is 3.68. The molecule has 0 aliphatic rings. The standard InChI is InChI=1S/C11H25N3O2/c1-3-14(9-10-16-4-2)8-6-5-7-11(12)13-15/h15H,3-10H2,1-2H3,(H2,12,13). The Balaban J connectivity index is 3.47. The van der Waals surface area contributed by atoms with Gasteiger partial charge in [-0.1, -0.05) is 12.1 Å². The van der Waals surface area contributed by atoms with E-state index in [2.05, 4.69) is 17.0 Å². The Labute approximate surface area is 98.2 Å². The SMILES string of the molecule is CCOCCN(CC)CCCCC(N)=NO. The lowest BCUT2D eigenvalue weighted by molar-refractivity contribution is 0.114. The van der Waals surface area contributed by atoms with Crippen molar-refractivity contribution in [3.8, 4) is 0 Å². The molecule has 0 aromatic rings. The summed E-state index contributed by atoms with van der Waals surface area (Å²) in [6.07, 6.45) is 2.69. The zero-order valence-electron chi connectivity index (χ0n) is 10.5. The Morgan fingerprint density at radius 3 is 2.62 bits per heavy atom. The molecule has 0 aliphatic carbocycles. The van der Waals surface area contributed by atoms with Crippen molar-refractivity contribution in [1.29, 1.82) is 0 Å². The second kappa shape index (κ2) is 10.7. The summed E-state index contributed by atoms with van der Waals surface area (Å²) in [4.78, 5) is 2.35. The van der Waals surface area contributed by atoms with Gasteiger partial charge in [0.05, 0.1) is 6.61 Å². The summed E-state index contributed by atoms with van der Waals surface area (Å²) in [5.41, 5.74) is 5.39. The van der Waals surface area contributed by atoms with Crippen LogP contribution in [0.25, 0.3) is 0 Å². The molecule has 0 radical (unpaired) electrons. The van der Waals surface area contributed by atoms with Crippen molar-refractivity contribution in [1.82, 2.24) is 4.90 Å². The maximum atomic E-state index is 8.37. The molecule has 0 bridgehead atoms. The minimum Gasteiger partial charge on any atom is -0.409 e. The number of hydrogen-bond acceptors (Lipinski definition) is 4. The smallest absolute Gasteiger partial charge is 0.139 e. The molecule has 0 aliphatic heterocycles. The largest absolute Gasteiger partial charge is 0.409 e. The highest BCUT2D eigenvalue weighted by atomic mass is 16.5. The van der Waals surface area contributed by atoms with Gasteiger partial charge in [-0.2, -0.15) is 0 Å². The zero-order chi connectivity index (χ0) is 12.2. The van der Waals surface area contributed by atoms with E-state index < -0.39 is 0 Å². The van der Waals surface area contributed by atoms with Gasteiger partial charge in [-0.3, -0.25) is 0 Å². The van der Waals surface area contributed by atoms with E-state index in [1.165, 1.54) is 0 Å². The average Bonchev–Trinajstić information content (AvgIpc) is 2.31. The molecule has 0 spiro atoms. The Morgan fingerprint density at radius 2 is 2.06 bits per heavy atom. The molecule has 5 heteroatoms. The van der Waals surface area contributed by atoms with E-state index in [9.17, 15) is 0 Å². The molecule has 0 fully saturated rings. The van der Waals surface area contributed by atoms with Gasteiger partial charge in [0.15, 0.2) is 0 Å². The lowest BCUT2D eigenvalue weighted by Gasteiger charge is -2.19. The van der Waals surface area contributed by atoms with Gasteiger partial charge in [0.2, 0.25) is 0 Å². The van der Waals surface area contributed by atoms with Gasteiger partial charge in [0.25, 0.3) is 0 Å². The van der Waals surface area contributed by atoms with Crippen LogP contribution in [0.1, 0.15) is 33.1 Å². The number of likely N-dealkylation sites (N-methyl/N-ethyl adjacent to an activating group) is 1. The zero-order valence-corrected chi connectivity index (χ0v) is 10.5. The highest BCUT2D eigenvalue weighted by Gasteiger charge is 2.02. The monoisotopic (exact) mass is 231 g/mol. The Kier molecular flexibility index (Phi) is 10.2. The molecular weight excluding hydrogens is 206 g/mol. The van der Waals surface area contributed by atoms with Crippen molar-refractivity contribution in [2.45, 2.75) is 33.1 Å². The fraction of sp³-hybridized carbons (Fsp3) is 0.909. The molecule has 0 amide bonds. The van der Waals surface area contributed by atoms with E-state index in [1.54, 1.807) is 0 Å². The van der Waals surface area contributed by atoms with Gasteiger partial charge >= 0.3 is 0 Å². The molecule has 0 aromatic heterocycles. The Bertz CT molecular complexity index is 186. The van der Waals surface area contributed by atoms with Crippen LogP contribution < -0.4 is 5.73 Å². The van der Waals surface area contributed by atoms with E-state index in [0.717, 1.165) is 45.7 Å². The molecule has 0 atom stereocenters. The molecule has 0 heterocycles. The predicted molar refractivity (Wildman–Crippen MR) is 65.9 cm³/mol. The number of nitrogens with two attached hydrogens (primary N) is 1. The summed E-state index contributed by atoms with van der Waals surface area (Å²) in [6.45, 7) is 8.79. The van der Waals surface area contributed by atoms with Crippen molar-refractivity contribution in [2.75, 3.05) is 32.8 Å². The van der Waals surface area contributed by atoms with Crippen molar-refractivity contribution < 1.29 is 9.94 Å². The minimum absolute atomic E-state index is 0.317. The Morgan fingerprint density at radius 1 is 1.31 bits per heavy atom. The maximum Gasteiger partial charge on any atom is 0.139 e. The highest BCUT2D eigenvalue weighted by Crippen LogP contribution is 1.99. The predicted octanol–water partition coefficient (Wildman–Crippen LogP) is 1.26. The van der Waals surface area contributed by atoms with E-state index in [-0.39, 0.29) is 0 Å². The molecule has 0 saturated heterocycles. The quantitative estimate of drug-likeness (QED) is 0.195. The van der Waals surface area contributed by atoms with Gasteiger partial charge in [0.1, 0.15) is 5.84 Å². The van der Waals surface area contributed by atoms with E-state index in [1.807, 2.05) is 6.92 Å². The normalized spacial score (nSPS) is 12.3. The third-order valence-electron chi connectivity index (χ3n) is 2.49. The number of amidine groups is 1. The molecule has 3 N–H and O–H groups in total. The molecule has 5 nitrogen and oxygen atoms in total. The first kappa shape index (κ1) is 15.2. The van der Waals surface area contributed by atoms with Gasteiger partial charge in [-0.25, -0.2) is 0 Å². The molecule has 0 saturated carbocycles. The third kappa shape index (κ3) is 8.49. The van der Waals surface area contributed by atoms with Crippen molar-refractivity contribution in [3.63, 3.8) is 0 Å². The van der Waals surface area contributed by atoms with Crippen LogP contribution in [0.4, 0.5) is 0 Å². The maximum absolute atomic E-state index is 8.37. The molecule has 16 heavy (non-hydrogen) atoms. The highest BCUT2D eigenvalue weighted by molar-refractivity contribution is 5.79. The second-order valence-corrected chi connectivity index (χ2v) is 3.68. The fourth-order valence-electron chi connectivity index (χ4n) is 1.46. The summed E-state index contributed by atoms with van der Waals surface area (Å²) in [5, 5.41) is 11.3. The summed E-state index contributed by atoms with van der Waals surface area (Å²) < 4.78 is 5.31. The molecule has 0 rings (SSSR count). The fourth-order valence-corrected chi connectivity index (χ4v) is 1.46. The van der Waals surface area contributed by atoms with Crippen LogP contribution in [-0.2, 0) is 4.74 Å². The number of unbranched alkanes of at least 4 members (excludes halogenated alkanes) is 1. The number of oxime groups is 1. The van der Waals surface area contributed by atoms with E-state index in [0.29, 0.717) is 12.3 Å². The van der Waals surface area contributed by atoms with Crippen molar-refractivity contribution in [3.05, 3.63) is 0 Å². The van der Waals surface area contributed by atoms with E-state index in [4.69, 9.17) is 15.7 Å². The van der Waals surface area contributed by atoms with Gasteiger partial charge in [-0.05, 0) is 32.9 Å². The van der Waals surface area contributed by atoms with Crippen LogP contribution >= 0.6 is 0 Å². The number of nitrogens with zero attached hydrogens (tertiary/aromatic N) is 2. The molecule has 0 aromatic carbocycles. The van der Waals surface area contributed by atoms with Crippen LogP contribution in [0, 0.1) is 0 Å². The average molecular weight is 231 g/mol. The molecule has 96 valence electrons. The van der Waals surface area contributed by atoms with Crippen LogP contribution in [0.15, 0.2) is 5.16 Å². The third-order valence-corrected chi connectivity index (χ3v) is 2.49. The lowest BCUT2D eigenvalue weighted by atomic mass is 10.2. The van der Waals surface area contributed by atoms with Crippen molar-refractivity contribution in [2.24, 2.45) is 10.9 Å². The van der Waals surface area contributed by atoms with Gasteiger partial charge in [-0.15, -0.1) is 0 Å². The number of hydrogen-bond donors (Lipinski definition) is 2. The first-order chi connectivity index (χ1) is 7.74. The minimum atomic E-state index is 0.317. The van der Waals surface area contributed by atoms with Crippen LogP contribution in [0.3, 0.4) is 0 Å². The summed E-state index contributed by atoms with van der Waals surface area (Å²) in [7, 11) is 0. The van der Waals surface area contributed by atoms with Gasteiger partial charge in [0, 0.05) is 19.6 Å². The first-order valence-corrected chi connectivity index (χ1v) is 6.01. The topological polar surface area (TPSA) is 71.1 Å². The number of rotatable bonds is 10. The number of ether oxygens (including phenoxy) is 1. The van der Waals surface area contributed by atoms with E-state index >= 15 is 0 Å².